The van der Waals surface area contributed by atoms with Gasteiger partial charge < -0.3 is 19.5 Å². The molecule has 1 unspecified atom stereocenters. The average molecular weight is 514 g/mol. The second-order valence-corrected chi connectivity index (χ2v) is 7.10. The van der Waals surface area contributed by atoms with Crippen molar-refractivity contribution in [2.75, 3.05) is 20.8 Å². The summed E-state index contributed by atoms with van der Waals surface area (Å²) in [4.78, 5) is 3.85. The van der Waals surface area contributed by atoms with Gasteiger partial charge in [0.25, 0.3) is 0 Å². The van der Waals surface area contributed by atoms with Crippen molar-refractivity contribution in [2.45, 2.75) is 18.8 Å². The maximum atomic E-state index is 13.4. The molecular formula is C17H17Br2F3N2O3. The first-order valence-electron chi connectivity index (χ1n) is 7.70. The highest BCUT2D eigenvalue weighted by Crippen LogP contribution is 2.35. The van der Waals surface area contributed by atoms with E-state index in [2.05, 4.69) is 42.2 Å². The lowest BCUT2D eigenvalue weighted by Crippen LogP contribution is -2.42. The summed E-state index contributed by atoms with van der Waals surface area (Å²) < 4.78 is 56.4. The number of nitrogens with one attached hydrogen (secondary N) is 1. The Morgan fingerprint density at radius 2 is 1.78 bits per heavy atom. The monoisotopic (exact) mass is 512 g/mol. The first-order valence-corrected chi connectivity index (χ1v) is 9.28. The molecule has 1 heterocycles. The Hall–Kier alpha value is -1.52. The van der Waals surface area contributed by atoms with Crippen LogP contribution in [0.1, 0.15) is 5.56 Å². The Balaban J connectivity index is 2.08. The molecule has 0 spiro atoms. The molecule has 0 radical (unpaired) electrons. The summed E-state index contributed by atoms with van der Waals surface area (Å²) >= 11 is 6.29. The van der Waals surface area contributed by atoms with Gasteiger partial charge in [-0.1, -0.05) is 6.07 Å². The van der Waals surface area contributed by atoms with Crippen LogP contribution in [0.15, 0.2) is 39.5 Å². The number of alkyl halides is 3. The van der Waals surface area contributed by atoms with E-state index in [1.807, 2.05) is 0 Å². The number of nitrogens with zero attached hydrogens (tertiary/aromatic N) is 1. The zero-order chi connectivity index (χ0) is 20.0. The molecule has 27 heavy (non-hydrogen) atoms. The fourth-order valence-corrected chi connectivity index (χ4v) is 3.33. The highest BCUT2D eigenvalue weighted by Gasteiger charge is 2.42. The molecule has 0 saturated heterocycles. The van der Waals surface area contributed by atoms with Gasteiger partial charge in [0.15, 0.2) is 5.75 Å². The number of pyridine rings is 1. The van der Waals surface area contributed by atoms with E-state index >= 15 is 0 Å². The third-order valence-corrected chi connectivity index (χ3v) is 4.70. The topological polar surface area (TPSA) is 52.6 Å². The van der Waals surface area contributed by atoms with Crippen LogP contribution < -0.4 is 19.5 Å². The van der Waals surface area contributed by atoms with Crippen LogP contribution >= 0.6 is 31.9 Å². The van der Waals surface area contributed by atoms with E-state index < -0.39 is 18.8 Å². The zero-order valence-corrected chi connectivity index (χ0v) is 17.6. The molecule has 0 saturated carbocycles. The molecule has 1 aromatic carbocycles. The largest absolute Gasteiger partial charge is 0.497 e. The van der Waals surface area contributed by atoms with Crippen molar-refractivity contribution < 1.29 is 27.4 Å². The third-order valence-electron chi connectivity index (χ3n) is 3.57. The van der Waals surface area contributed by atoms with Crippen molar-refractivity contribution in [1.82, 2.24) is 10.3 Å². The van der Waals surface area contributed by atoms with Crippen molar-refractivity contribution >= 4 is 31.9 Å². The van der Waals surface area contributed by atoms with Crippen molar-refractivity contribution in [3.63, 3.8) is 0 Å². The molecular weight excluding hydrogens is 497 g/mol. The second-order valence-electron chi connectivity index (χ2n) is 5.39. The lowest BCUT2D eigenvalue weighted by Gasteiger charge is -2.23. The van der Waals surface area contributed by atoms with E-state index in [1.165, 1.54) is 26.6 Å². The lowest BCUT2D eigenvalue weighted by atomic mass is 10.2. The average Bonchev–Trinajstić information content (AvgIpc) is 2.62. The Morgan fingerprint density at radius 1 is 1.11 bits per heavy atom. The highest BCUT2D eigenvalue weighted by molar-refractivity contribution is 9.11. The summed E-state index contributed by atoms with van der Waals surface area (Å²) in [5.41, 5.74) is 0.700. The van der Waals surface area contributed by atoms with Crippen LogP contribution in [0, 0.1) is 0 Å². The van der Waals surface area contributed by atoms with E-state index in [-0.39, 0.29) is 12.3 Å². The van der Waals surface area contributed by atoms with Crippen molar-refractivity contribution in [1.29, 1.82) is 0 Å². The van der Waals surface area contributed by atoms with Crippen LogP contribution in [-0.2, 0) is 6.54 Å². The Labute approximate surface area is 171 Å². The molecule has 1 atom stereocenters. The number of hydrogen-bond donors (Lipinski definition) is 1. The summed E-state index contributed by atoms with van der Waals surface area (Å²) in [6.45, 7) is -0.276. The summed E-state index contributed by atoms with van der Waals surface area (Å²) in [5, 5.41) is 2.77. The van der Waals surface area contributed by atoms with Crippen molar-refractivity contribution in [3.8, 4) is 17.2 Å². The van der Waals surface area contributed by atoms with Crippen LogP contribution in [0.3, 0.4) is 0 Å². The Bertz CT molecular complexity index is 755. The fourth-order valence-electron chi connectivity index (χ4n) is 2.21. The van der Waals surface area contributed by atoms with E-state index in [1.54, 1.807) is 18.2 Å². The van der Waals surface area contributed by atoms with Gasteiger partial charge in [-0.25, -0.2) is 0 Å². The minimum atomic E-state index is -4.56. The number of halogens is 5. The van der Waals surface area contributed by atoms with Gasteiger partial charge >= 0.3 is 6.18 Å². The number of rotatable bonds is 8. The van der Waals surface area contributed by atoms with Gasteiger partial charge in [0.05, 0.1) is 23.2 Å². The predicted octanol–water partition coefficient (Wildman–Crippen LogP) is 4.72. The molecule has 1 aromatic heterocycles. The van der Waals surface area contributed by atoms with Gasteiger partial charge in [0, 0.05) is 37.1 Å². The normalized spacial score (nSPS) is 12.6. The Morgan fingerprint density at radius 3 is 2.33 bits per heavy atom. The van der Waals surface area contributed by atoms with Crippen molar-refractivity contribution in [2.24, 2.45) is 0 Å². The molecule has 2 rings (SSSR count). The lowest BCUT2D eigenvalue weighted by molar-refractivity contribution is -0.193. The fraction of sp³-hybridized carbons (Fsp3) is 0.353. The summed E-state index contributed by atoms with van der Waals surface area (Å²) in [6, 6.07) is 5.10. The van der Waals surface area contributed by atoms with Gasteiger partial charge in [-0.05, 0) is 37.9 Å². The maximum absolute atomic E-state index is 13.4. The van der Waals surface area contributed by atoms with E-state index in [0.29, 0.717) is 26.0 Å². The molecule has 5 nitrogen and oxygen atoms in total. The molecule has 0 bridgehead atoms. The van der Waals surface area contributed by atoms with E-state index in [4.69, 9.17) is 14.2 Å². The summed E-state index contributed by atoms with van der Waals surface area (Å²) in [7, 11) is 3.01. The second kappa shape index (κ2) is 9.61. The number of aromatic nitrogens is 1. The molecule has 0 aliphatic heterocycles. The van der Waals surface area contributed by atoms with Gasteiger partial charge in [0.2, 0.25) is 6.10 Å². The molecule has 10 heteroatoms. The van der Waals surface area contributed by atoms with Crippen LogP contribution in [0.5, 0.6) is 17.2 Å². The van der Waals surface area contributed by atoms with Crippen LogP contribution in [0.2, 0.25) is 0 Å². The number of methoxy groups -OCH3 is 2. The van der Waals surface area contributed by atoms with Gasteiger partial charge in [0.1, 0.15) is 11.5 Å². The van der Waals surface area contributed by atoms with Crippen LogP contribution in [-0.4, -0.2) is 38.0 Å². The highest BCUT2D eigenvalue weighted by atomic mass is 79.9. The Kier molecular flexibility index (Phi) is 7.75. The van der Waals surface area contributed by atoms with E-state index in [9.17, 15) is 13.2 Å². The molecule has 0 amide bonds. The summed E-state index contributed by atoms with van der Waals surface area (Å²) in [6.07, 6.45) is -3.87. The minimum absolute atomic E-state index is 0.0381. The first-order chi connectivity index (χ1) is 12.8. The number of hydrogen-bond acceptors (Lipinski definition) is 5. The van der Waals surface area contributed by atoms with Gasteiger partial charge in [-0.15, -0.1) is 0 Å². The van der Waals surface area contributed by atoms with Gasteiger partial charge in [-0.2, -0.15) is 13.2 Å². The van der Waals surface area contributed by atoms with Gasteiger partial charge in [-0.3, -0.25) is 4.98 Å². The number of ether oxygens (including phenoxy) is 3. The predicted molar refractivity (Wildman–Crippen MR) is 101 cm³/mol. The first kappa shape index (κ1) is 21.8. The SMILES string of the molecule is COc1ccc(CNCC(Oc2c(Br)cncc2Br)C(F)(F)F)c(OC)c1. The standard InChI is InChI=1S/C17H17Br2F3N2O3/c1-25-11-4-3-10(14(5-11)26-2)6-23-9-15(17(20,21)22)27-16-12(18)7-24-8-13(16)19/h3-5,7-8,15,23H,6,9H2,1-2H3. The van der Waals surface area contributed by atoms with Crippen LogP contribution in [0.25, 0.3) is 0 Å². The molecule has 2 aromatic rings. The number of benzene rings is 1. The molecule has 0 aliphatic carbocycles. The smallest absolute Gasteiger partial charge is 0.426 e. The molecule has 148 valence electrons. The quantitative estimate of drug-likeness (QED) is 0.553. The summed E-state index contributed by atoms with van der Waals surface area (Å²) in [5.74, 6) is 1.15. The third kappa shape index (κ3) is 5.98. The zero-order valence-electron chi connectivity index (χ0n) is 14.4. The molecule has 0 fully saturated rings. The molecule has 0 aliphatic rings. The molecule has 1 N–H and O–H groups in total. The minimum Gasteiger partial charge on any atom is -0.497 e. The van der Waals surface area contributed by atoms with Crippen LogP contribution in [0.4, 0.5) is 13.2 Å². The van der Waals surface area contributed by atoms with Crippen molar-refractivity contribution in [3.05, 3.63) is 45.1 Å². The van der Waals surface area contributed by atoms with E-state index in [0.717, 1.165) is 0 Å². The maximum Gasteiger partial charge on any atom is 0.426 e.